The van der Waals surface area contributed by atoms with E-state index >= 15 is 0 Å². The van der Waals surface area contributed by atoms with Crippen molar-refractivity contribution in [1.29, 1.82) is 0 Å². The van der Waals surface area contributed by atoms with Crippen LogP contribution in [0.4, 0.5) is 0 Å². The maximum atomic E-state index is 12.1. The number of fused-ring (bicyclic) bond motifs is 3. The molecule has 6 rings (SSSR count). The van der Waals surface area contributed by atoms with Crippen LogP contribution in [-0.2, 0) is 28.5 Å². The predicted molar refractivity (Wildman–Crippen MR) is 113 cm³/mol. The standard InChI is InChI=1S/C24H23O5P/c25-30-27-17-23(18-28-30,19-29-30)16-26-24(20-10-4-1-5-11-20,21-12-6-2-7-13-21)22-14-8-3-9-15-22/h1-15H,16-19H2. The van der Waals surface area contributed by atoms with Crippen molar-refractivity contribution in [1.82, 2.24) is 0 Å². The summed E-state index contributed by atoms with van der Waals surface area (Å²) in [6.45, 7) is 1.20. The lowest BCUT2D eigenvalue weighted by molar-refractivity contribution is -0.146. The Morgan fingerprint density at radius 3 is 1.43 bits per heavy atom. The molecule has 0 saturated carbocycles. The van der Waals surface area contributed by atoms with E-state index in [1.165, 1.54) is 0 Å². The van der Waals surface area contributed by atoms with Gasteiger partial charge in [0.15, 0.2) is 0 Å². The molecule has 3 saturated heterocycles. The molecule has 2 bridgehead atoms. The Morgan fingerprint density at radius 2 is 1.07 bits per heavy atom. The monoisotopic (exact) mass is 422 g/mol. The fourth-order valence-electron chi connectivity index (χ4n) is 4.04. The van der Waals surface area contributed by atoms with E-state index in [4.69, 9.17) is 18.3 Å². The lowest BCUT2D eigenvalue weighted by Gasteiger charge is -2.46. The van der Waals surface area contributed by atoms with Crippen molar-refractivity contribution in [2.24, 2.45) is 5.41 Å². The van der Waals surface area contributed by atoms with E-state index in [2.05, 4.69) is 36.4 Å². The molecule has 154 valence electrons. The minimum atomic E-state index is -3.36. The molecular formula is C24H23O5P. The molecule has 0 aliphatic carbocycles. The van der Waals surface area contributed by atoms with Gasteiger partial charge in [0.05, 0.1) is 31.8 Å². The molecule has 5 nitrogen and oxygen atoms in total. The lowest BCUT2D eigenvalue weighted by Crippen LogP contribution is -2.50. The van der Waals surface area contributed by atoms with Gasteiger partial charge in [-0.15, -0.1) is 0 Å². The van der Waals surface area contributed by atoms with Gasteiger partial charge in [0.25, 0.3) is 0 Å². The molecule has 3 aliphatic rings. The Kier molecular flexibility index (Phi) is 5.10. The minimum absolute atomic E-state index is 0.290. The first-order valence-electron chi connectivity index (χ1n) is 9.99. The molecule has 3 aliphatic heterocycles. The van der Waals surface area contributed by atoms with Crippen LogP contribution in [0.15, 0.2) is 91.0 Å². The van der Waals surface area contributed by atoms with Crippen molar-refractivity contribution in [2.75, 3.05) is 26.4 Å². The third-order valence-electron chi connectivity index (χ3n) is 5.72. The molecule has 30 heavy (non-hydrogen) atoms. The molecular weight excluding hydrogens is 399 g/mol. The summed E-state index contributed by atoms with van der Waals surface area (Å²) in [5.74, 6) is 0. The molecule has 0 unspecified atom stereocenters. The van der Waals surface area contributed by atoms with E-state index in [-0.39, 0.29) is 0 Å². The van der Waals surface area contributed by atoms with E-state index < -0.39 is 18.8 Å². The Bertz CT molecular complexity index is 911. The molecule has 3 aromatic rings. The number of phosphoric ester groups is 1. The molecule has 0 aromatic heterocycles. The average Bonchev–Trinajstić information content (AvgIpc) is 2.83. The van der Waals surface area contributed by atoms with E-state index in [1.807, 2.05) is 54.6 Å². The number of rotatable bonds is 6. The topological polar surface area (TPSA) is 54.0 Å². The molecule has 0 amide bonds. The Morgan fingerprint density at radius 1 is 0.700 bits per heavy atom. The van der Waals surface area contributed by atoms with Gasteiger partial charge in [-0.3, -0.25) is 13.6 Å². The first-order valence-corrected chi connectivity index (χ1v) is 11.4. The van der Waals surface area contributed by atoms with Crippen LogP contribution in [-0.4, -0.2) is 26.4 Å². The zero-order valence-electron chi connectivity index (χ0n) is 16.5. The second-order valence-corrected chi connectivity index (χ2v) is 9.50. The van der Waals surface area contributed by atoms with Gasteiger partial charge in [-0.2, -0.15) is 0 Å². The zero-order chi connectivity index (χ0) is 20.5. The molecule has 0 radical (unpaired) electrons. The van der Waals surface area contributed by atoms with Crippen LogP contribution in [0.5, 0.6) is 0 Å². The number of benzene rings is 3. The summed E-state index contributed by atoms with van der Waals surface area (Å²) in [6, 6.07) is 30.6. The second kappa shape index (κ2) is 7.77. The quantitative estimate of drug-likeness (QED) is 0.405. The van der Waals surface area contributed by atoms with Crippen molar-refractivity contribution in [3.8, 4) is 0 Å². The third kappa shape index (κ3) is 3.43. The van der Waals surface area contributed by atoms with Crippen molar-refractivity contribution in [3.63, 3.8) is 0 Å². The number of phosphoric acid groups is 1. The molecule has 3 heterocycles. The van der Waals surface area contributed by atoms with Crippen LogP contribution in [0.2, 0.25) is 0 Å². The van der Waals surface area contributed by atoms with Gasteiger partial charge in [0.1, 0.15) is 5.60 Å². The number of hydrogen-bond donors (Lipinski definition) is 0. The highest BCUT2D eigenvalue weighted by Gasteiger charge is 2.52. The Hall–Kier alpha value is -2.27. The van der Waals surface area contributed by atoms with Crippen LogP contribution >= 0.6 is 7.82 Å². The maximum Gasteiger partial charge on any atom is 0.474 e. The van der Waals surface area contributed by atoms with Crippen molar-refractivity contribution >= 4 is 7.82 Å². The predicted octanol–water partition coefficient (Wildman–Crippen LogP) is 5.17. The zero-order valence-corrected chi connectivity index (χ0v) is 17.4. The third-order valence-corrected chi connectivity index (χ3v) is 7.06. The van der Waals surface area contributed by atoms with Gasteiger partial charge in [-0.05, 0) is 16.7 Å². The van der Waals surface area contributed by atoms with E-state index in [1.54, 1.807) is 0 Å². The highest BCUT2D eigenvalue weighted by Crippen LogP contribution is 2.60. The number of ether oxygens (including phenoxy) is 1. The summed E-state index contributed by atoms with van der Waals surface area (Å²) in [6.07, 6.45) is 0. The maximum absolute atomic E-state index is 12.1. The van der Waals surface area contributed by atoms with Crippen molar-refractivity contribution in [2.45, 2.75) is 5.60 Å². The first-order chi connectivity index (χ1) is 14.6. The summed E-state index contributed by atoms with van der Waals surface area (Å²) in [4.78, 5) is 0. The molecule has 3 fully saturated rings. The summed E-state index contributed by atoms with van der Waals surface area (Å²) in [7, 11) is -3.36. The molecule has 0 atom stereocenters. The fraction of sp³-hybridized carbons (Fsp3) is 0.250. The summed E-state index contributed by atoms with van der Waals surface area (Å²) in [5, 5.41) is 0. The average molecular weight is 422 g/mol. The lowest BCUT2D eigenvalue weighted by atomic mass is 9.79. The second-order valence-electron chi connectivity index (χ2n) is 7.84. The van der Waals surface area contributed by atoms with Gasteiger partial charge in [-0.25, -0.2) is 4.57 Å². The first kappa shape index (κ1) is 19.7. The van der Waals surface area contributed by atoms with Gasteiger partial charge in [-0.1, -0.05) is 91.0 Å². The van der Waals surface area contributed by atoms with E-state index in [0.29, 0.717) is 26.4 Å². The van der Waals surface area contributed by atoms with Crippen molar-refractivity contribution < 1.29 is 22.9 Å². The highest BCUT2D eigenvalue weighted by molar-refractivity contribution is 7.48. The van der Waals surface area contributed by atoms with E-state index in [0.717, 1.165) is 16.7 Å². The molecule has 6 heteroatoms. The fourth-order valence-corrected chi connectivity index (χ4v) is 5.56. The van der Waals surface area contributed by atoms with Gasteiger partial charge >= 0.3 is 7.82 Å². The normalized spacial score (nSPS) is 25.9. The highest BCUT2D eigenvalue weighted by atomic mass is 31.2. The van der Waals surface area contributed by atoms with Gasteiger partial charge < -0.3 is 4.74 Å². The van der Waals surface area contributed by atoms with Crippen LogP contribution in [0.3, 0.4) is 0 Å². The van der Waals surface area contributed by atoms with Crippen LogP contribution in [0, 0.1) is 5.41 Å². The van der Waals surface area contributed by atoms with Crippen LogP contribution in [0.1, 0.15) is 16.7 Å². The summed E-state index contributed by atoms with van der Waals surface area (Å²) in [5.41, 5.74) is 1.75. The van der Waals surface area contributed by atoms with Gasteiger partial charge in [0.2, 0.25) is 0 Å². The van der Waals surface area contributed by atoms with Crippen molar-refractivity contribution in [3.05, 3.63) is 108 Å². The Labute approximate surface area is 176 Å². The van der Waals surface area contributed by atoms with Crippen LogP contribution < -0.4 is 0 Å². The summed E-state index contributed by atoms with van der Waals surface area (Å²) < 4.78 is 35.1. The largest absolute Gasteiger partial charge is 0.474 e. The van der Waals surface area contributed by atoms with Gasteiger partial charge in [0, 0.05) is 0 Å². The Balaban J connectivity index is 1.60. The SMILES string of the molecule is O=P12OCC(COC(c3ccccc3)(c3ccccc3)c3ccccc3)(CO1)CO2. The summed E-state index contributed by atoms with van der Waals surface area (Å²) >= 11 is 0. The molecule has 0 spiro atoms. The smallest absolute Gasteiger partial charge is 0.360 e. The molecule has 0 N–H and O–H groups in total. The number of hydrogen-bond acceptors (Lipinski definition) is 5. The minimum Gasteiger partial charge on any atom is -0.360 e. The molecule has 3 aromatic carbocycles. The van der Waals surface area contributed by atoms with E-state index in [9.17, 15) is 4.57 Å². The van der Waals surface area contributed by atoms with Crippen LogP contribution in [0.25, 0.3) is 0 Å².